The van der Waals surface area contributed by atoms with Crippen LogP contribution in [0, 0.1) is 12.8 Å². The molecular formula is C11H16N4O4. The van der Waals surface area contributed by atoms with Crippen molar-refractivity contribution in [2.45, 2.75) is 13.3 Å². The van der Waals surface area contributed by atoms with Gasteiger partial charge in [0.15, 0.2) is 0 Å². The summed E-state index contributed by atoms with van der Waals surface area (Å²) in [6.45, 7) is 3.05. The maximum atomic E-state index is 11.7. The Morgan fingerprint density at radius 3 is 2.95 bits per heavy atom. The number of nitrogens with zero attached hydrogens (tertiary/aromatic N) is 3. The largest absolute Gasteiger partial charge is 0.469 e. The number of aromatic nitrogens is 2. The minimum atomic E-state index is -0.242. The van der Waals surface area contributed by atoms with E-state index >= 15 is 0 Å². The second kappa shape index (κ2) is 5.79. The van der Waals surface area contributed by atoms with Crippen molar-refractivity contribution in [2.75, 3.05) is 32.1 Å². The van der Waals surface area contributed by atoms with Crippen LogP contribution in [0.4, 0.5) is 6.01 Å². The van der Waals surface area contributed by atoms with Gasteiger partial charge in [-0.05, 0) is 13.0 Å². The molecule has 0 aromatic carbocycles. The van der Waals surface area contributed by atoms with Gasteiger partial charge >= 0.3 is 12.0 Å². The molecule has 1 fully saturated rings. The van der Waals surface area contributed by atoms with Crippen LogP contribution in [0.2, 0.25) is 0 Å². The molecule has 1 aromatic rings. The van der Waals surface area contributed by atoms with Crippen LogP contribution in [0.25, 0.3) is 0 Å². The van der Waals surface area contributed by atoms with E-state index in [0.29, 0.717) is 25.4 Å². The number of ether oxygens (including phenoxy) is 1. The Morgan fingerprint density at radius 1 is 1.53 bits per heavy atom. The van der Waals surface area contributed by atoms with E-state index in [0.717, 1.165) is 0 Å². The first-order valence-corrected chi connectivity index (χ1v) is 5.98. The van der Waals surface area contributed by atoms with Gasteiger partial charge in [-0.15, -0.1) is 5.10 Å². The normalized spacial score (nSPS) is 19.4. The van der Waals surface area contributed by atoms with Gasteiger partial charge in [0.05, 0.1) is 19.6 Å². The smallest absolute Gasteiger partial charge is 0.322 e. The van der Waals surface area contributed by atoms with Gasteiger partial charge in [0.2, 0.25) is 11.8 Å². The van der Waals surface area contributed by atoms with Gasteiger partial charge in [0, 0.05) is 13.5 Å². The fourth-order valence-corrected chi connectivity index (χ4v) is 2.04. The Bertz CT molecular complexity index is 473. The first kappa shape index (κ1) is 13.5. The molecule has 0 saturated carbocycles. The molecule has 2 heterocycles. The summed E-state index contributed by atoms with van der Waals surface area (Å²) in [7, 11) is 1.37. The molecule has 0 radical (unpaired) electrons. The summed E-state index contributed by atoms with van der Waals surface area (Å²) >= 11 is 0. The van der Waals surface area contributed by atoms with Crippen molar-refractivity contribution in [1.82, 2.24) is 15.1 Å². The highest BCUT2D eigenvalue weighted by atomic mass is 16.5. The van der Waals surface area contributed by atoms with Crippen LogP contribution >= 0.6 is 0 Å². The molecule has 0 spiro atoms. The SMILES string of the molecule is COC(=O)C1CCN(CC(=O)Nc2nnc(C)o2)C1. The second-order valence-corrected chi connectivity index (χ2v) is 4.42. The van der Waals surface area contributed by atoms with Crippen molar-refractivity contribution in [1.29, 1.82) is 0 Å². The predicted molar refractivity (Wildman–Crippen MR) is 64.2 cm³/mol. The second-order valence-electron chi connectivity index (χ2n) is 4.42. The lowest BCUT2D eigenvalue weighted by atomic mass is 10.1. The van der Waals surface area contributed by atoms with Crippen molar-refractivity contribution in [2.24, 2.45) is 5.92 Å². The Hall–Kier alpha value is -1.96. The fraction of sp³-hybridized carbons (Fsp3) is 0.636. The summed E-state index contributed by atoms with van der Waals surface area (Å²) in [5, 5.41) is 9.80. The lowest BCUT2D eigenvalue weighted by Crippen LogP contribution is -2.32. The summed E-state index contributed by atoms with van der Waals surface area (Å²) in [4.78, 5) is 25.0. The summed E-state index contributed by atoms with van der Waals surface area (Å²) in [5.41, 5.74) is 0. The third-order valence-corrected chi connectivity index (χ3v) is 2.95. The standard InChI is InChI=1S/C11H16N4O4/c1-7-13-14-11(19-7)12-9(16)6-15-4-3-8(5-15)10(17)18-2/h8H,3-6H2,1-2H3,(H,12,14,16). The van der Waals surface area contributed by atoms with E-state index in [1.165, 1.54) is 7.11 Å². The van der Waals surface area contributed by atoms with Gasteiger partial charge in [-0.3, -0.25) is 19.8 Å². The summed E-state index contributed by atoms with van der Waals surface area (Å²) < 4.78 is 9.74. The topological polar surface area (TPSA) is 97.6 Å². The molecule has 0 bridgehead atoms. The van der Waals surface area contributed by atoms with Gasteiger partial charge in [-0.2, -0.15) is 0 Å². The third kappa shape index (κ3) is 3.50. The number of carbonyl (C=O) groups excluding carboxylic acids is 2. The van der Waals surface area contributed by atoms with Crippen molar-refractivity contribution in [3.63, 3.8) is 0 Å². The Balaban J connectivity index is 1.79. The van der Waals surface area contributed by atoms with E-state index in [9.17, 15) is 9.59 Å². The van der Waals surface area contributed by atoms with Crippen LogP contribution in [-0.2, 0) is 14.3 Å². The summed E-state index contributed by atoms with van der Waals surface area (Å²) in [5.74, 6) is -0.227. The van der Waals surface area contributed by atoms with E-state index in [1.807, 2.05) is 4.90 Å². The van der Waals surface area contributed by atoms with Crippen LogP contribution in [0.1, 0.15) is 12.3 Å². The maximum Gasteiger partial charge on any atom is 0.322 e. The predicted octanol–water partition coefficient (Wildman–Crippen LogP) is -0.189. The third-order valence-electron chi connectivity index (χ3n) is 2.95. The Morgan fingerprint density at radius 2 is 2.32 bits per heavy atom. The van der Waals surface area contributed by atoms with E-state index in [2.05, 4.69) is 20.3 Å². The molecule has 1 amide bonds. The first-order chi connectivity index (χ1) is 9.08. The average Bonchev–Trinajstić information content (AvgIpc) is 2.98. The maximum absolute atomic E-state index is 11.7. The highest BCUT2D eigenvalue weighted by Crippen LogP contribution is 2.17. The summed E-state index contributed by atoms with van der Waals surface area (Å²) in [6, 6.07) is 0.0891. The highest BCUT2D eigenvalue weighted by Gasteiger charge is 2.30. The molecule has 1 aromatic heterocycles. The number of carbonyl (C=O) groups is 2. The molecule has 0 aliphatic carbocycles. The molecule has 1 N–H and O–H groups in total. The van der Waals surface area contributed by atoms with Gasteiger partial charge in [-0.1, -0.05) is 5.10 Å². The van der Waals surface area contributed by atoms with Gasteiger partial charge in [-0.25, -0.2) is 0 Å². The van der Waals surface area contributed by atoms with Crippen LogP contribution in [0.5, 0.6) is 0 Å². The lowest BCUT2D eigenvalue weighted by molar-refractivity contribution is -0.145. The van der Waals surface area contributed by atoms with Crippen molar-refractivity contribution < 1.29 is 18.7 Å². The molecule has 1 atom stereocenters. The molecule has 2 rings (SSSR count). The number of nitrogens with one attached hydrogen (secondary N) is 1. The number of methoxy groups -OCH3 is 1. The van der Waals surface area contributed by atoms with Crippen LogP contribution in [0.3, 0.4) is 0 Å². The quantitative estimate of drug-likeness (QED) is 0.756. The van der Waals surface area contributed by atoms with Gasteiger partial charge < -0.3 is 9.15 Å². The fourth-order valence-electron chi connectivity index (χ4n) is 2.04. The van der Waals surface area contributed by atoms with Crippen molar-refractivity contribution >= 4 is 17.9 Å². The zero-order valence-electron chi connectivity index (χ0n) is 10.9. The molecule has 104 valence electrons. The highest BCUT2D eigenvalue weighted by molar-refractivity contribution is 5.90. The number of amides is 1. The molecule has 8 nitrogen and oxygen atoms in total. The van der Waals surface area contributed by atoms with E-state index in [1.54, 1.807) is 6.92 Å². The molecule has 8 heteroatoms. The number of hydrogen-bond acceptors (Lipinski definition) is 7. The number of aryl methyl sites for hydroxylation is 1. The van der Waals surface area contributed by atoms with Crippen molar-refractivity contribution in [3.8, 4) is 0 Å². The molecule has 1 aliphatic rings. The minimum absolute atomic E-state index is 0.0891. The number of esters is 1. The van der Waals surface area contributed by atoms with Gasteiger partial charge in [0.1, 0.15) is 0 Å². The Labute approximate surface area is 110 Å². The van der Waals surface area contributed by atoms with Crippen LogP contribution in [-0.4, -0.2) is 53.7 Å². The monoisotopic (exact) mass is 268 g/mol. The first-order valence-electron chi connectivity index (χ1n) is 5.98. The lowest BCUT2D eigenvalue weighted by Gasteiger charge is -2.13. The summed E-state index contributed by atoms with van der Waals surface area (Å²) in [6.07, 6.45) is 0.708. The zero-order chi connectivity index (χ0) is 13.8. The van der Waals surface area contributed by atoms with Crippen LogP contribution < -0.4 is 5.32 Å². The number of likely N-dealkylation sites (tertiary alicyclic amines) is 1. The van der Waals surface area contributed by atoms with Crippen LogP contribution in [0.15, 0.2) is 4.42 Å². The average molecular weight is 268 g/mol. The minimum Gasteiger partial charge on any atom is -0.469 e. The molecule has 1 aliphatic heterocycles. The molecular weight excluding hydrogens is 252 g/mol. The molecule has 1 saturated heterocycles. The zero-order valence-corrected chi connectivity index (χ0v) is 10.9. The Kier molecular flexibility index (Phi) is 4.10. The van der Waals surface area contributed by atoms with E-state index < -0.39 is 0 Å². The number of anilines is 1. The van der Waals surface area contributed by atoms with Gasteiger partial charge in [0.25, 0.3) is 0 Å². The molecule has 1 unspecified atom stereocenters. The van der Waals surface area contributed by atoms with E-state index in [-0.39, 0.29) is 30.4 Å². The number of hydrogen-bond donors (Lipinski definition) is 1. The molecule has 19 heavy (non-hydrogen) atoms. The van der Waals surface area contributed by atoms with Crippen molar-refractivity contribution in [3.05, 3.63) is 5.89 Å². The number of rotatable bonds is 4. The van der Waals surface area contributed by atoms with E-state index in [4.69, 9.17) is 4.42 Å².